The molecule has 0 spiro atoms. The Kier molecular flexibility index (Phi) is 4.15. The molecule has 0 atom stereocenters. The molecule has 0 bridgehead atoms. The molecule has 2 rings (SSSR count). The van der Waals surface area contributed by atoms with Crippen molar-refractivity contribution >= 4 is 25.4 Å². The van der Waals surface area contributed by atoms with E-state index in [0.717, 1.165) is 21.3 Å². The fourth-order valence-electron chi connectivity index (χ4n) is 1.60. The van der Waals surface area contributed by atoms with Crippen LogP contribution in [0, 0.1) is 5.82 Å². The molecule has 0 N–H and O–H groups in total. The van der Waals surface area contributed by atoms with Crippen LogP contribution in [0.3, 0.4) is 0 Å². The first kappa shape index (κ1) is 13.2. The van der Waals surface area contributed by atoms with Gasteiger partial charge in [-0.1, -0.05) is 0 Å². The second-order valence-electron chi connectivity index (χ2n) is 4.37. The van der Waals surface area contributed by atoms with Gasteiger partial charge in [-0.2, -0.15) is 0 Å². The molecule has 0 aromatic heterocycles. The molecule has 0 unspecified atom stereocenters. The van der Waals surface area contributed by atoms with E-state index in [0.29, 0.717) is 21.0 Å². The summed E-state index contributed by atoms with van der Waals surface area (Å²) in [4.78, 5) is 4.56. The van der Waals surface area contributed by atoms with Crippen molar-refractivity contribution in [1.29, 1.82) is 0 Å². The van der Waals surface area contributed by atoms with E-state index < -0.39 is 0 Å². The van der Waals surface area contributed by atoms with Crippen LogP contribution in [-0.2, 0) is 0 Å². The Bertz CT molecular complexity index is 480. The molecule has 0 saturated carbocycles. The van der Waals surface area contributed by atoms with Gasteiger partial charge in [0.25, 0.3) is 0 Å². The van der Waals surface area contributed by atoms with E-state index in [1.54, 1.807) is 12.1 Å². The van der Waals surface area contributed by atoms with Crippen LogP contribution in [0.4, 0.5) is 4.39 Å². The molecule has 96 valence electrons. The third kappa shape index (κ3) is 3.18. The minimum absolute atomic E-state index is 0.212. The third-order valence-corrected chi connectivity index (χ3v) is 4.63. The maximum absolute atomic E-state index is 12.9. The van der Waals surface area contributed by atoms with Crippen molar-refractivity contribution in [2.75, 3.05) is 7.05 Å². The van der Waals surface area contributed by atoms with Gasteiger partial charge in [-0.3, -0.25) is 0 Å². The number of rotatable bonds is 2. The molecule has 1 aliphatic rings. The van der Waals surface area contributed by atoms with Crippen molar-refractivity contribution in [1.82, 2.24) is 5.01 Å². The van der Waals surface area contributed by atoms with E-state index in [1.165, 1.54) is 12.1 Å². The van der Waals surface area contributed by atoms with Gasteiger partial charge < -0.3 is 0 Å². The van der Waals surface area contributed by atoms with Gasteiger partial charge in [0.1, 0.15) is 0 Å². The average Bonchev–Trinajstić information content (AvgIpc) is 2.32. The summed E-state index contributed by atoms with van der Waals surface area (Å²) in [7, 11) is 1.92. The molecule has 18 heavy (non-hydrogen) atoms. The summed E-state index contributed by atoms with van der Waals surface area (Å²) in [6.45, 7) is 4.13. The van der Waals surface area contributed by atoms with E-state index in [4.69, 9.17) is 0 Å². The fourth-order valence-corrected chi connectivity index (χ4v) is 3.71. The Morgan fingerprint density at radius 2 is 2.00 bits per heavy atom. The van der Waals surface area contributed by atoms with Gasteiger partial charge in [0.15, 0.2) is 0 Å². The zero-order chi connectivity index (χ0) is 13.1. The molecule has 0 saturated heterocycles. The number of benzene rings is 1. The van der Waals surface area contributed by atoms with Crippen molar-refractivity contribution in [2.24, 2.45) is 10.1 Å². The molecule has 5 heteroatoms. The number of nitrogens with zero attached hydrogens (tertiary/aromatic N) is 3. The molecule has 0 fully saturated rings. The summed E-state index contributed by atoms with van der Waals surface area (Å²) < 4.78 is 13.9. The van der Waals surface area contributed by atoms with Crippen LogP contribution in [0.15, 0.2) is 34.4 Å². The molecular formula is C13H16FN3Se. The molecule has 1 heterocycles. The summed E-state index contributed by atoms with van der Waals surface area (Å²) >= 11 is 0.296. The number of amidine groups is 1. The van der Waals surface area contributed by atoms with Crippen LogP contribution >= 0.6 is 0 Å². The summed E-state index contributed by atoms with van der Waals surface area (Å²) in [5.41, 5.74) is 2.01. The molecule has 3 nitrogen and oxygen atoms in total. The van der Waals surface area contributed by atoms with Gasteiger partial charge in [0.2, 0.25) is 0 Å². The van der Waals surface area contributed by atoms with Crippen LogP contribution in [0.2, 0.25) is 5.32 Å². The van der Waals surface area contributed by atoms with Crippen LogP contribution in [-0.4, -0.2) is 43.5 Å². The van der Waals surface area contributed by atoms with Crippen LogP contribution in [0.1, 0.15) is 19.4 Å². The van der Waals surface area contributed by atoms with Crippen LogP contribution < -0.4 is 0 Å². The quantitative estimate of drug-likeness (QED) is 0.771. The minimum atomic E-state index is -0.212. The van der Waals surface area contributed by atoms with E-state index in [1.807, 2.05) is 12.1 Å². The van der Waals surface area contributed by atoms with E-state index in [2.05, 4.69) is 23.9 Å². The fraction of sp³-hybridized carbons (Fsp3) is 0.385. The van der Waals surface area contributed by atoms with Crippen LogP contribution in [0.5, 0.6) is 0 Å². The van der Waals surface area contributed by atoms with Gasteiger partial charge >= 0.3 is 113 Å². The first-order valence-corrected chi connectivity index (χ1v) is 7.91. The molecule has 1 aliphatic heterocycles. The van der Waals surface area contributed by atoms with Crippen LogP contribution in [0.25, 0.3) is 0 Å². The Morgan fingerprint density at radius 1 is 1.33 bits per heavy atom. The second kappa shape index (κ2) is 5.63. The standard InChI is InChI=1S/C13H16FN3Se/c1-9(2)15-13-17(3)16-12(8-18-13)10-4-6-11(14)7-5-10/h4-7,9H,8H2,1-3H3. The molecule has 0 radical (unpaired) electrons. The third-order valence-electron chi connectivity index (χ3n) is 2.43. The van der Waals surface area contributed by atoms with Gasteiger partial charge in [0.05, 0.1) is 0 Å². The Hall–Kier alpha value is -1.19. The van der Waals surface area contributed by atoms with E-state index in [9.17, 15) is 4.39 Å². The maximum atomic E-state index is 12.9. The van der Waals surface area contributed by atoms with Crippen molar-refractivity contribution < 1.29 is 4.39 Å². The van der Waals surface area contributed by atoms with Crippen molar-refractivity contribution in [3.05, 3.63) is 35.6 Å². The number of hydrazone groups is 1. The SMILES string of the molecule is CC(C)N=C1[Se]CC(c2ccc(F)cc2)=NN1C. The molecule has 1 aromatic carbocycles. The zero-order valence-corrected chi connectivity index (χ0v) is 12.4. The molecule has 0 amide bonds. The Labute approximate surface area is 113 Å². The van der Waals surface area contributed by atoms with E-state index >= 15 is 0 Å². The predicted octanol–water partition coefficient (Wildman–Crippen LogP) is 2.36. The van der Waals surface area contributed by atoms with Crippen molar-refractivity contribution in [3.63, 3.8) is 0 Å². The van der Waals surface area contributed by atoms with Crippen molar-refractivity contribution in [2.45, 2.75) is 25.2 Å². The van der Waals surface area contributed by atoms with Gasteiger partial charge in [0, 0.05) is 0 Å². The first-order valence-electron chi connectivity index (χ1n) is 5.84. The number of hydrogen-bond acceptors (Lipinski definition) is 2. The summed E-state index contributed by atoms with van der Waals surface area (Å²) in [5.74, 6) is -0.212. The predicted molar refractivity (Wildman–Crippen MR) is 73.8 cm³/mol. The number of aliphatic imine (C=N–C) groups is 1. The summed E-state index contributed by atoms with van der Waals surface area (Å²) in [6, 6.07) is 6.81. The second-order valence-corrected chi connectivity index (χ2v) is 6.35. The molecular weight excluding hydrogens is 296 g/mol. The van der Waals surface area contributed by atoms with E-state index in [-0.39, 0.29) is 5.82 Å². The Morgan fingerprint density at radius 3 is 2.56 bits per heavy atom. The van der Waals surface area contributed by atoms with Crippen molar-refractivity contribution in [3.8, 4) is 0 Å². The number of halogens is 1. The normalized spacial score (nSPS) is 18.4. The zero-order valence-electron chi connectivity index (χ0n) is 10.7. The molecule has 1 aromatic rings. The molecule has 0 aliphatic carbocycles. The monoisotopic (exact) mass is 313 g/mol. The average molecular weight is 312 g/mol. The van der Waals surface area contributed by atoms with Gasteiger partial charge in [-0.25, -0.2) is 0 Å². The number of hydrogen-bond donors (Lipinski definition) is 0. The first-order chi connectivity index (χ1) is 8.56. The van der Waals surface area contributed by atoms with Gasteiger partial charge in [-0.05, 0) is 0 Å². The summed E-state index contributed by atoms with van der Waals surface area (Å²) in [6.07, 6.45) is 0. The summed E-state index contributed by atoms with van der Waals surface area (Å²) in [5, 5.41) is 7.29. The Balaban J connectivity index is 2.21. The van der Waals surface area contributed by atoms with Gasteiger partial charge in [-0.15, -0.1) is 0 Å². The topological polar surface area (TPSA) is 28.0 Å².